The van der Waals surface area contributed by atoms with Crippen LogP contribution in [0.5, 0.6) is 5.75 Å². The van der Waals surface area contributed by atoms with Crippen molar-refractivity contribution in [2.45, 2.75) is 5.85 Å². The van der Waals surface area contributed by atoms with Gasteiger partial charge in [0, 0.05) is 26.2 Å². The van der Waals surface area contributed by atoms with Gasteiger partial charge in [0.05, 0.1) is 32.0 Å². The zero-order valence-corrected chi connectivity index (χ0v) is 12.8. The summed E-state index contributed by atoms with van der Waals surface area (Å²) in [6.45, 7) is 4.58. The van der Waals surface area contributed by atoms with Crippen molar-refractivity contribution in [2.75, 3.05) is 52.6 Å². The molecule has 0 N–H and O–H groups in total. The summed E-state index contributed by atoms with van der Waals surface area (Å²) in [7, 11) is 0. The minimum absolute atomic E-state index is 0.198. The Labute approximate surface area is 133 Å². The monoisotopic (exact) mass is 322 g/mol. The first kappa shape index (κ1) is 15.0. The average molecular weight is 322 g/mol. The van der Waals surface area contributed by atoms with Gasteiger partial charge in [-0.05, 0) is 18.2 Å². The third-order valence-electron chi connectivity index (χ3n) is 4.61. The quantitative estimate of drug-likeness (QED) is 0.800. The van der Waals surface area contributed by atoms with Gasteiger partial charge in [-0.25, -0.2) is 14.2 Å². The molecule has 7 heteroatoms. The van der Waals surface area contributed by atoms with Crippen LogP contribution in [-0.4, -0.2) is 74.0 Å². The standard InChI is InChI=1S/C16H19FN2O4/c17-12-1-2-14-13(11-12)15(20)16(23-14,18-3-7-21-8-4-18)19-5-9-22-10-6-19/h1-2,11H,3-10H2. The molecule has 2 saturated heterocycles. The maximum Gasteiger partial charge on any atom is 0.288 e. The van der Waals surface area contributed by atoms with Crippen LogP contribution in [0.1, 0.15) is 10.4 Å². The van der Waals surface area contributed by atoms with Crippen molar-refractivity contribution in [1.29, 1.82) is 0 Å². The minimum atomic E-state index is -1.20. The summed E-state index contributed by atoms with van der Waals surface area (Å²) in [4.78, 5) is 17.2. The molecule has 0 atom stereocenters. The van der Waals surface area contributed by atoms with Crippen LogP contribution in [0.2, 0.25) is 0 Å². The number of benzene rings is 1. The topological polar surface area (TPSA) is 51.2 Å². The number of rotatable bonds is 2. The summed E-state index contributed by atoms with van der Waals surface area (Å²) >= 11 is 0. The molecule has 0 aliphatic carbocycles. The lowest BCUT2D eigenvalue weighted by molar-refractivity contribution is -0.190. The van der Waals surface area contributed by atoms with E-state index in [1.165, 1.54) is 18.2 Å². The summed E-state index contributed by atoms with van der Waals surface area (Å²) in [5.74, 6) is -1.39. The van der Waals surface area contributed by atoms with Gasteiger partial charge < -0.3 is 14.2 Å². The predicted molar refractivity (Wildman–Crippen MR) is 78.9 cm³/mol. The molecule has 124 valence electrons. The Kier molecular flexibility index (Phi) is 3.81. The molecule has 23 heavy (non-hydrogen) atoms. The fraction of sp³-hybridized carbons (Fsp3) is 0.562. The van der Waals surface area contributed by atoms with E-state index >= 15 is 0 Å². The fourth-order valence-corrected chi connectivity index (χ4v) is 3.49. The van der Waals surface area contributed by atoms with Crippen molar-refractivity contribution in [2.24, 2.45) is 0 Å². The molecule has 1 aromatic carbocycles. The van der Waals surface area contributed by atoms with Gasteiger partial charge in [0.15, 0.2) is 0 Å². The van der Waals surface area contributed by atoms with Crippen molar-refractivity contribution in [3.8, 4) is 5.75 Å². The first-order chi connectivity index (χ1) is 11.2. The van der Waals surface area contributed by atoms with E-state index in [1.807, 2.05) is 9.80 Å². The zero-order valence-electron chi connectivity index (χ0n) is 12.8. The lowest BCUT2D eigenvalue weighted by Crippen LogP contribution is -2.70. The molecule has 0 aromatic heterocycles. The molecule has 0 amide bonds. The highest BCUT2D eigenvalue weighted by Crippen LogP contribution is 2.40. The minimum Gasteiger partial charge on any atom is -0.451 e. The van der Waals surface area contributed by atoms with Crippen LogP contribution >= 0.6 is 0 Å². The van der Waals surface area contributed by atoms with Crippen LogP contribution < -0.4 is 4.74 Å². The molecule has 1 aromatic rings. The Morgan fingerprint density at radius 2 is 1.52 bits per heavy atom. The Bertz CT molecular complexity index is 594. The van der Waals surface area contributed by atoms with Gasteiger partial charge in [-0.15, -0.1) is 0 Å². The molecule has 0 unspecified atom stereocenters. The number of ether oxygens (including phenoxy) is 3. The van der Waals surface area contributed by atoms with Crippen molar-refractivity contribution in [3.63, 3.8) is 0 Å². The third-order valence-corrected chi connectivity index (χ3v) is 4.61. The molecule has 6 nitrogen and oxygen atoms in total. The highest BCUT2D eigenvalue weighted by molar-refractivity contribution is 6.07. The highest BCUT2D eigenvalue weighted by Gasteiger charge is 2.57. The summed E-state index contributed by atoms with van der Waals surface area (Å²) < 4.78 is 30.6. The van der Waals surface area contributed by atoms with E-state index in [1.54, 1.807) is 0 Å². The van der Waals surface area contributed by atoms with E-state index < -0.39 is 11.7 Å². The molecule has 0 spiro atoms. The second-order valence-corrected chi connectivity index (χ2v) is 5.88. The lowest BCUT2D eigenvalue weighted by Gasteiger charge is -2.48. The number of fused-ring (bicyclic) bond motifs is 1. The second-order valence-electron chi connectivity index (χ2n) is 5.88. The van der Waals surface area contributed by atoms with Gasteiger partial charge in [-0.3, -0.25) is 4.79 Å². The third kappa shape index (κ3) is 2.35. The Morgan fingerprint density at radius 1 is 0.957 bits per heavy atom. The first-order valence-electron chi connectivity index (χ1n) is 7.91. The average Bonchev–Trinajstić information content (AvgIpc) is 2.90. The maximum absolute atomic E-state index is 13.6. The van der Waals surface area contributed by atoms with Crippen molar-refractivity contribution >= 4 is 5.78 Å². The maximum atomic E-state index is 13.6. The van der Waals surface area contributed by atoms with Crippen LogP contribution in [0.15, 0.2) is 18.2 Å². The summed E-state index contributed by atoms with van der Waals surface area (Å²) in [5, 5.41) is 0. The van der Waals surface area contributed by atoms with Gasteiger partial charge in [-0.2, -0.15) is 0 Å². The number of carbonyl (C=O) groups is 1. The SMILES string of the molecule is O=C1c2cc(F)ccc2OC1(N1CCOCC1)N1CCOCC1. The van der Waals surface area contributed by atoms with Crippen LogP contribution in [0.3, 0.4) is 0 Å². The molecule has 0 radical (unpaired) electrons. The predicted octanol–water partition coefficient (Wildman–Crippen LogP) is 0.719. The van der Waals surface area contributed by atoms with Gasteiger partial charge in [-0.1, -0.05) is 0 Å². The molecular weight excluding hydrogens is 303 g/mol. The smallest absolute Gasteiger partial charge is 0.288 e. The number of hydrogen-bond donors (Lipinski definition) is 0. The molecule has 0 saturated carbocycles. The fourth-order valence-electron chi connectivity index (χ4n) is 3.49. The summed E-state index contributed by atoms with van der Waals surface area (Å²) in [6.07, 6.45) is 0. The number of halogens is 1. The van der Waals surface area contributed by atoms with E-state index in [9.17, 15) is 9.18 Å². The van der Waals surface area contributed by atoms with Gasteiger partial charge in [0.2, 0.25) is 5.78 Å². The van der Waals surface area contributed by atoms with E-state index in [-0.39, 0.29) is 5.78 Å². The Hall–Kier alpha value is -1.54. The molecule has 4 rings (SSSR count). The summed E-state index contributed by atoms with van der Waals surface area (Å²) in [6, 6.07) is 4.12. The van der Waals surface area contributed by atoms with E-state index in [4.69, 9.17) is 14.2 Å². The molecule has 3 heterocycles. The summed E-state index contributed by atoms with van der Waals surface area (Å²) in [5.41, 5.74) is 0.308. The van der Waals surface area contributed by atoms with Crippen LogP contribution in [0.25, 0.3) is 0 Å². The number of carbonyl (C=O) groups excluding carboxylic acids is 1. The molecular formula is C16H19FN2O4. The number of Topliss-reactive ketones (excluding diaryl/α,β-unsaturated/α-hetero) is 1. The van der Waals surface area contributed by atoms with Gasteiger partial charge in [0.1, 0.15) is 11.6 Å². The van der Waals surface area contributed by atoms with Crippen LogP contribution in [0, 0.1) is 5.82 Å². The number of hydrogen-bond acceptors (Lipinski definition) is 6. The molecule has 3 aliphatic rings. The number of nitrogens with zero attached hydrogens (tertiary/aromatic N) is 2. The van der Waals surface area contributed by atoms with Crippen molar-refractivity contribution < 1.29 is 23.4 Å². The second kappa shape index (κ2) is 5.83. The molecule has 2 fully saturated rings. The largest absolute Gasteiger partial charge is 0.451 e. The lowest BCUT2D eigenvalue weighted by atomic mass is 10.1. The van der Waals surface area contributed by atoms with Gasteiger partial charge in [0.25, 0.3) is 5.85 Å². The Morgan fingerprint density at radius 3 is 2.09 bits per heavy atom. The van der Waals surface area contributed by atoms with Crippen molar-refractivity contribution in [3.05, 3.63) is 29.6 Å². The number of ketones is 1. The zero-order chi connectivity index (χ0) is 15.9. The van der Waals surface area contributed by atoms with E-state index in [0.29, 0.717) is 63.9 Å². The normalized spacial score (nSPS) is 25.2. The highest BCUT2D eigenvalue weighted by atomic mass is 19.1. The molecule has 0 bridgehead atoms. The van der Waals surface area contributed by atoms with Gasteiger partial charge >= 0.3 is 0 Å². The van der Waals surface area contributed by atoms with E-state index in [0.717, 1.165) is 0 Å². The first-order valence-corrected chi connectivity index (χ1v) is 7.91. The molecule has 3 aliphatic heterocycles. The van der Waals surface area contributed by atoms with E-state index in [2.05, 4.69) is 0 Å². The number of morpholine rings is 2. The van der Waals surface area contributed by atoms with Crippen LogP contribution in [0.4, 0.5) is 4.39 Å². The van der Waals surface area contributed by atoms with Crippen LogP contribution in [-0.2, 0) is 9.47 Å². The Balaban J connectivity index is 1.76. The van der Waals surface area contributed by atoms with Crippen molar-refractivity contribution in [1.82, 2.24) is 9.80 Å².